The number of fused-ring (bicyclic) bond motifs is 1. The fourth-order valence-electron chi connectivity index (χ4n) is 3.08. The average molecular weight is 329 g/mol. The van der Waals surface area contributed by atoms with Crippen LogP contribution in [0.3, 0.4) is 0 Å². The molecule has 1 saturated carbocycles. The third kappa shape index (κ3) is 3.01. The Labute approximate surface area is 139 Å². The summed E-state index contributed by atoms with van der Waals surface area (Å²) in [5.74, 6) is 1.02. The van der Waals surface area contributed by atoms with Gasteiger partial charge in [-0.1, -0.05) is 12.1 Å². The summed E-state index contributed by atoms with van der Waals surface area (Å²) in [4.78, 5) is 3.57. The maximum Gasteiger partial charge on any atom is 0.230 e. The van der Waals surface area contributed by atoms with E-state index >= 15 is 0 Å². The van der Waals surface area contributed by atoms with E-state index < -0.39 is 5.95 Å². The third-order valence-electron chi connectivity index (χ3n) is 4.48. The Hall–Kier alpha value is -2.34. The van der Waals surface area contributed by atoms with Gasteiger partial charge in [-0.3, -0.25) is 0 Å². The normalized spacial score (nSPS) is 14.4. The van der Waals surface area contributed by atoms with Crippen LogP contribution in [0.2, 0.25) is 0 Å². The lowest BCUT2D eigenvalue weighted by Gasteiger charge is -2.13. The number of aromatic nitrogens is 3. The van der Waals surface area contributed by atoms with Gasteiger partial charge in [-0.25, -0.2) is 4.98 Å². The predicted octanol–water partition coefficient (Wildman–Crippen LogP) is 2.96. The van der Waals surface area contributed by atoms with Crippen LogP contribution in [0.4, 0.5) is 4.39 Å². The second-order valence-electron chi connectivity index (χ2n) is 6.32. The molecule has 4 rings (SSSR count). The molecule has 24 heavy (non-hydrogen) atoms. The molecule has 126 valence electrons. The maximum absolute atomic E-state index is 12.9. The monoisotopic (exact) mass is 329 g/mol. The van der Waals surface area contributed by atoms with Crippen molar-refractivity contribution in [1.82, 2.24) is 14.1 Å². The molecule has 1 aromatic carbocycles. The number of aliphatic hydroxyl groups is 1. The van der Waals surface area contributed by atoms with E-state index in [9.17, 15) is 9.50 Å². The van der Waals surface area contributed by atoms with Gasteiger partial charge in [-0.15, -0.1) is 0 Å². The molecule has 1 aliphatic rings. The number of aliphatic hydroxyl groups excluding tert-OH is 1. The Morgan fingerprint density at radius 2 is 2.21 bits per heavy atom. The largest absolute Gasteiger partial charge is 0.490 e. The van der Waals surface area contributed by atoms with E-state index in [4.69, 9.17) is 4.74 Å². The van der Waals surface area contributed by atoms with Gasteiger partial charge in [-0.05, 0) is 30.9 Å². The average Bonchev–Trinajstić information content (AvgIpc) is 3.19. The molecule has 0 amide bonds. The lowest BCUT2D eigenvalue weighted by atomic mass is 10.2. The van der Waals surface area contributed by atoms with Crippen molar-refractivity contribution >= 4 is 10.9 Å². The number of ether oxygens (including phenoxy) is 1. The molecule has 2 heterocycles. The number of imidazole rings is 1. The molecule has 0 aliphatic heterocycles. The smallest absolute Gasteiger partial charge is 0.230 e. The fraction of sp³-hybridized carbons (Fsp3) is 0.389. The number of benzene rings is 1. The van der Waals surface area contributed by atoms with Crippen LogP contribution in [0.15, 0.2) is 36.8 Å². The summed E-state index contributed by atoms with van der Waals surface area (Å²) in [5.41, 5.74) is 1.95. The van der Waals surface area contributed by atoms with Gasteiger partial charge in [0, 0.05) is 17.6 Å². The number of para-hydroxylation sites is 1. The zero-order valence-corrected chi connectivity index (χ0v) is 13.4. The number of hydrogen-bond donors (Lipinski definition) is 1. The highest BCUT2D eigenvalue weighted by atomic mass is 19.1. The van der Waals surface area contributed by atoms with Crippen LogP contribution in [-0.2, 0) is 19.7 Å². The number of nitrogens with zero attached hydrogens (tertiary/aromatic N) is 3. The van der Waals surface area contributed by atoms with E-state index in [-0.39, 0.29) is 6.61 Å². The number of rotatable bonds is 7. The minimum absolute atomic E-state index is 0.0230. The molecule has 5 nitrogen and oxygen atoms in total. The highest BCUT2D eigenvalue weighted by molar-refractivity contribution is 5.87. The van der Waals surface area contributed by atoms with Crippen LogP contribution in [-0.4, -0.2) is 25.8 Å². The van der Waals surface area contributed by atoms with Gasteiger partial charge in [0.05, 0.1) is 31.2 Å². The second-order valence-corrected chi connectivity index (χ2v) is 6.32. The van der Waals surface area contributed by atoms with Gasteiger partial charge in [0.15, 0.2) is 0 Å². The Bertz CT molecular complexity index is 851. The Kier molecular flexibility index (Phi) is 3.98. The molecule has 2 aromatic heterocycles. The van der Waals surface area contributed by atoms with E-state index in [1.54, 1.807) is 4.57 Å². The molecule has 0 atom stereocenters. The number of hydrogen-bond acceptors (Lipinski definition) is 3. The van der Waals surface area contributed by atoms with Gasteiger partial charge < -0.3 is 19.0 Å². The van der Waals surface area contributed by atoms with E-state index in [0.29, 0.717) is 19.1 Å². The summed E-state index contributed by atoms with van der Waals surface area (Å²) in [6.07, 6.45) is 5.31. The van der Waals surface area contributed by atoms with E-state index in [2.05, 4.69) is 9.55 Å². The molecule has 6 heteroatoms. The van der Waals surface area contributed by atoms with Crippen LogP contribution < -0.4 is 4.74 Å². The van der Waals surface area contributed by atoms with E-state index in [0.717, 1.165) is 28.9 Å². The highest BCUT2D eigenvalue weighted by Crippen LogP contribution is 2.35. The minimum atomic E-state index is -0.483. The van der Waals surface area contributed by atoms with Crippen molar-refractivity contribution in [3.05, 3.63) is 48.4 Å². The van der Waals surface area contributed by atoms with E-state index in [1.165, 1.54) is 25.4 Å². The first-order valence-corrected chi connectivity index (χ1v) is 8.26. The second kappa shape index (κ2) is 6.28. The minimum Gasteiger partial charge on any atom is -0.490 e. The maximum atomic E-state index is 12.9. The van der Waals surface area contributed by atoms with Gasteiger partial charge in [0.1, 0.15) is 12.4 Å². The molecule has 3 aromatic rings. The summed E-state index contributed by atoms with van der Waals surface area (Å²) in [7, 11) is 0. The van der Waals surface area contributed by atoms with Gasteiger partial charge >= 0.3 is 0 Å². The lowest BCUT2D eigenvalue weighted by Crippen LogP contribution is -2.09. The van der Waals surface area contributed by atoms with Crippen LogP contribution in [0.25, 0.3) is 10.9 Å². The summed E-state index contributed by atoms with van der Waals surface area (Å²) in [6.45, 7) is 1.91. The molecule has 0 radical (unpaired) electrons. The van der Waals surface area contributed by atoms with Crippen molar-refractivity contribution in [2.75, 3.05) is 6.61 Å². The fourth-order valence-corrected chi connectivity index (χ4v) is 3.08. The topological polar surface area (TPSA) is 52.2 Å². The van der Waals surface area contributed by atoms with Gasteiger partial charge in [0.25, 0.3) is 0 Å². The molecule has 0 saturated heterocycles. The number of halogens is 1. The van der Waals surface area contributed by atoms with Crippen LogP contribution in [0.1, 0.15) is 18.5 Å². The van der Waals surface area contributed by atoms with Crippen molar-refractivity contribution in [2.24, 2.45) is 5.92 Å². The standard InChI is InChI=1S/C18H20FN3O2/c19-17-10-21(12-20-17)6-7-24-16-3-1-2-14-8-15(11-23)22(18(14)16)9-13-4-5-13/h1-3,8,10,12-13,23H,4-7,9,11H2. The predicted molar refractivity (Wildman–Crippen MR) is 88.3 cm³/mol. The van der Waals surface area contributed by atoms with Crippen LogP contribution in [0.5, 0.6) is 5.75 Å². The summed E-state index contributed by atoms with van der Waals surface area (Å²) in [5, 5.41) is 10.7. The Morgan fingerprint density at radius 1 is 1.33 bits per heavy atom. The van der Waals surface area contributed by atoms with Crippen molar-refractivity contribution < 1.29 is 14.2 Å². The summed E-state index contributed by atoms with van der Waals surface area (Å²) >= 11 is 0. The first kappa shape index (κ1) is 15.2. The van der Waals surface area contributed by atoms with E-state index in [1.807, 2.05) is 24.3 Å². The molecule has 0 bridgehead atoms. The van der Waals surface area contributed by atoms with Crippen molar-refractivity contribution in [2.45, 2.75) is 32.5 Å². The molecule has 0 spiro atoms. The first-order valence-electron chi connectivity index (χ1n) is 8.26. The van der Waals surface area contributed by atoms with Crippen LogP contribution in [0, 0.1) is 11.9 Å². The first-order chi connectivity index (χ1) is 11.7. The highest BCUT2D eigenvalue weighted by Gasteiger charge is 2.24. The molecule has 1 N–H and O–H groups in total. The molecular weight excluding hydrogens is 309 g/mol. The quantitative estimate of drug-likeness (QED) is 0.725. The summed E-state index contributed by atoms with van der Waals surface area (Å²) in [6, 6.07) is 7.96. The van der Waals surface area contributed by atoms with Crippen molar-refractivity contribution in [1.29, 1.82) is 0 Å². The van der Waals surface area contributed by atoms with Gasteiger partial charge in [-0.2, -0.15) is 4.39 Å². The lowest BCUT2D eigenvalue weighted by molar-refractivity contribution is 0.269. The molecular formula is C18H20FN3O2. The van der Waals surface area contributed by atoms with Crippen molar-refractivity contribution in [3.63, 3.8) is 0 Å². The summed E-state index contributed by atoms with van der Waals surface area (Å²) < 4.78 is 22.7. The zero-order valence-electron chi connectivity index (χ0n) is 13.4. The molecule has 1 fully saturated rings. The van der Waals surface area contributed by atoms with Crippen LogP contribution >= 0.6 is 0 Å². The van der Waals surface area contributed by atoms with Gasteiger partial charge in [0.2, 0.25) is 5.95 Å². The Balaban J connectivity index is 1.58. The van der Waals surface area contributed by atoms with Crippen molar-refractivity contribution in [3.8, 4) is 5.75 Å². The third-order valence-corrected chi connectivity index (χ3v) is 4.48. The Morgan fingerprint density at radius 3 is 2.92 bits per heavy atom. The molecule has 1 aliphatic carbocycles. The SMILES string of the molecule is OCc1cc2cccc(OCCn3cnc(F)c3)c2n1CC1CC1. The zero-order chi connectivity index (χ0) is 16.5. The molecule has 0 unspecified atom stereocenters.